The number of hydrogen-bond donors (Lipinski definition) is 1. The molecule has 0 aliphatic heterocycles. The molecule has 0 bridgehead atoms. The second-order valence-corrected chi connectivity index (χ2v) is 5.22. The van der Waals surface area contributed by atoms with E-state index >= 15 is 0 Å². The fraction of sp³-hybridized carbons (Fsp3) is 0.500. The maximum absolute atomic E-state index is 12.0. The summed E-state index contributed by atoms with van der Waals surface area (Å²) >= 11 is 0. The van der Waals surface area contributed by atoms with Gasteiger partial charge in [-0.2, -0.15) is 0 Å². The van der Waals surface area contributed by atoms with Gasteiger partial charge in [0.2, 0.25) is 5.91 Å². The van der Waals surface area contributed by atoms with Gasteiger partial charge in [0.25, 0.3) is 0 Å². The Hall–Kier alpha value is -1.91. The predicted octanol–water partition coefficient (Wildman–Crippen LogP) is 1.11. The number of carboxylic acids is 1. The Morgan fingerprint density at radius 2 is 2.05 bits per heavy atom. The summed E-state index contributed by atoms with van der Waals surface area (Å²) in [5.74, 6) is -1.23. The lowest BCUT2D eigenvalue weighted by atomic mass is 9.79. The van der Waals surface area contributed by atoms with Crippen molar-refractivity contribution in [3.8, 4) is 0 Å². The van der Waals surface area contributed by atoms with Crippen molar-refractivity contribution in [1.82, 2.24) is 4.98 Å². The summed E-state index contributed by atoms with van der Waals surface area (Å²) in [4.78, 5) is 26.8. The molecule has 0 atom stereocenters. The van der Waals surface area contributed by atoms with Gasteiger partial charge in [-0.05, 0) is 36.8 Å². The molecule has 102 valence electrons. The van der Waals surface area contributed by atoms with Crippen LogP contribution in [0.25, 0.3) is 0 Å². The van der Waals surface area contributed by atoms with Crippen molar-refractivity contribution >= 4 is 17.6 Å². The van der Waals surface area contributed by atoms with Gasteiger partial charge in [0.15, 0.2) is 0 Å². The van der Waals surface area contributed by atoms with E-state index in [9.17, 15) is 14.7 Å². The first-order chi connectivity index (χ1) is 9.10. The third kappa shape index (κ3) is 3.77. The summed E-state index contributed by atoms with van der Waals surface area (Å²) < 4.78 is 0. The largest absolute Gasteiger partial charge is 0.550 e. The Balaban J connectivity index is 1.97. The van der Waals surface area contributed by atoms with Gasteiger partial charge in [0.1, 0.15) is 0 Å². The Labute approximate surface area is 112 Å². The van der Waals surface area contributed by atoms with Gasteiger partial charge < -0.3 is 15.2 Å². The van der Waals surface area contributed by atoms with Crippen LogP contribution in [0.2, 0.25) is 0 Å². The zero-order valence-electron chi connectivity index (χ0n) is 10.7. The number of aliphatic carboxylic acids is 1. The quantitative estimate of drug-likeness (QED) is 0.860. The molecule has 1 aliphatic carbocycles. The monoisotopic (exact) mass is 261 g/mol. The van der Waals surface area contributed by atoms with E-state index in [0.29, 0.717) is 5.69 Å². The normalized spacial score (nSPS) is 17.1. The third-order valence-corrected chi connectivity index (χ3v) is 3.66. The zero-order chi connectivity index (χ0) is 13.7. The summed E-state index contributed by atoms with van der Waals surface area (Å²) in [6.45, 7) is 0. The molecule has 1 amide bonds. The molecule has 1 aromatic heterocycles. The number of rotatable bonds is 5. The SMILES string of the molecule is O=C([O-])CC1(CC(=O)Nc2cccnc2)CCCC1. The number of carbonyl (C=O) groups is 2. The molecule has 5 nitrogen and oxygen atoms in total. The van der Waals surface area contributed by atoms with E-state index in [-0.39, 0.29) is 18.7 Å². The third-order valence-electron chi connectivity index (χ3n) is 3.66. The fourth-order valence-corrected chi connectivity index (χ4v) is 2.83. The molecule has 1 heterocycles. The highest BCUT2D eigenvalue weighted by atomic mass is 16.4. The molecule has 2 rings (SSSR count). The topological polar surface area (TPSA) is 82.1 Å². The Bertz CT molecular complexity index is 453. The first-order valence-corrected chi connectivity index (χ1v) is 6.49. The highest BCUT2D eigenvalue weighted by Crippen LogP contribution is 2.43. The summed E-state index contributed by atoms with van der Waals surface area (Å²) in [6.07, 6.45) is 6.91. The van der Waals surface area contributed by atoms with Gasteiger partial charge >= 0.3 is 0 Å². The molecule has 1 saturated carbocycles. The van der Waals surface area contributed by atoms with Crippen molar-refractivity contribution in [2.24, 2.45) is 5.41 Å². The van der Waals surface area contributed by atoms with Crippen molar-refractivity contribution in [3.05, 3.63) is 24.5 Å². The van der Waals surface area contributed by atoms with Crippen LogP contribution in [0.1, 0.15) is 38.5 Å². The van der Waals surface area contributed by atoms with Crippen LogP contribution in [-0.4, -0.2) is 16.9 Å². The highest BCUT2D eigenvalue weighted by molar-refractivity contribution is 5.91. The second kappa shape index (κ2) is 5.82. The number of amides is 1. The number of aromatic nitrogens is 1. The molecule has 0 aromatic carbocycles. The number of nitrogens with one attached hydrogen (secondary N) is 1. The van der Waals surface area contributed by atoms with Gasteiger partial charge in [-0.15, -0.1) is 0 Å². The van der Waals surface area contributed by atoms with E-state index in [2.05, 4.69) is 10.3 Å². The molecule has 0 radical (unpaired) electrons. The number of nitrogens with zero attached hydrogens (tertiary/aromatic N) is 1. The first kappa shape index (κ1) is 13.5. The van der Waals surface area contributed by atoms with E-state index < -0.39 is 11.4 Å². The molecule has 19 heavy (non-hydrogen) atoms. The zero-order valence-corrected chi connectivity index (χ0v) is 10.7. The number of carbonyl (C=O) groups excluding carboxylic acids is 2. The average molecular weight is 261 g/mol. The van der Waals surface area contributed by atoms with Gasteiger partial charge in [-0.1, -0.05) is 12.8 Å². The van der Waals surface area contributed by atoms with Gasteiger partial charge in [-0.25, -0.2) is 0 Å². The molecule has 1 fully saturated rings. The minimum atomic E-state index is -1.07. The van der Waals surface area contributed by atoms with Crippen molar-refractivity contribution in [2.45, 2.75) is 38.5 Å². The van der Waals surface area contributed by atoms with E-state index in [1.165, 1.54) is 0 Å². The lowest BCUT2D eigenvalue weighted by Gasteiger charge is -2.28. The summed E-state index contributed by atoms with van der Waals surface area (Å²) in [7, 11) is 0. The minimum absolute atomic E-state index is 0.0343. The molecule has 5 heteroatoms. The second-order valence-electron chi connectivity index (χ2n) is 5.22. The van der Waals surface area contributed by atoms with Crippen molar-refractivity contribution in [2.75, 3.05) is 5.32 Å². The molecule has 0 unspecified atom stereocenters. The molecular formula is C14H17N2O3-. The average Bonchev–Trinajstić information content (AvgIpc) is 2.77. The first-order valence-electron chi connectivity index (χ1n) is 6.49. The van der Waals surface area contributed by atoms with Gasteiger partial charge in [0, 0.05) is 18.6 Å². The summed E-state index contributed by atoms with van der Waals surface area (Å²) in [5, 5.41) is 13.6. The van der Waals surface area contributed by atoms with Crippen LogP contribution in [0.4, 0.5) is 5.69 Å². The molecule has 0 saturated heterocycles. The van der Waals surface area contributed by atoms with Crippen molar-refractivity contribution < 1.29 is 14.7 Å². The number of anilines is 1. The van der Waals surface area contributed by atoms with E-state index in [1.807, 2.05) is 0 Å². The Morgan fingerprint density at radius 3 is 2.63 bits per heavy atom. The van der Waals surface area contributed by atoms with Crippen molar-refractivity contribution in [1.29, 1.82) is 0 Å². The smallest absolute Gasteiger partial charge is 0.224 e. The number of hydrogen-bond acceptors (Lipinski definition) is 4. The standard InChI is InChI=1S/C14H18N2O3/c17-12(16-11-4-3-7-15-10-11)8-14(9-13(18)19)5-1-2-6-14/h3-4,7,10H,1-2,5-6,8-9H2,(H,16,17)(H,18,19)/p-1. The molecule has 0 spiro atoms. The van der Waals surface area contributed by atoms with Gasteiger partial charge in [-0.3, -0.25) is 9.78 Å². The maximum Gasteiger partial charge on any atom is 0.224 e. The fourth-order valence-electron chi connectivity index (χ4n) is 2.83. The van der Waals surface area contributed by atoms with E-state index in [0.717, 1.165) is 25.7 Å². The van der Waals surface area contributed by atoms with Crippen LogP contribution in [0.3, 0.4) is 0 Å². The molecule has 1 N–H and O–H groups in total. The Kier molecular flexibility index (Phi) is 4.14. The van der Waals surface area contributed by atoms with Crippen molar-refractivity contribution in [3.63, 3.8) is 0 Å². The number of pyridine rings is 1. The van der Waals surface area contributed by atoms with Gasteiger partial charge in [0.05, 0.1) is 11.9 Å². The molecule has 1 aliphatic rings. The van der Waals surface area contributed by atoms with E-state index in [1.54, 1.807) is 24.5 Å². The van der Waals surface area contributed by atoms with Crippen LogP contribution >= 0.6 is 0 Å². The van der Waals surface area contributed by atoms with Crippen LogP contribution in [0.15, 0.2) is 24.5 Å². The highest BCUT2D eigenvalue weighted by Gasteiger charge is 2.35. The van der Waals surface area contributed by atoms with Crippen LogP contribution in [0.5, 0.6) is 0 Å². The Morgan fingerprint density at radius 1 is 1.32 bits per heavy atom. The summed E-state index contributed by atoms with van der Waals surface area (Å²) in [6, 6.07) is 3.49. The minimum Gasteiger partial charge on any atom is -0.550 e. The lowest BCUT2D eigenvalue weighted by Crippen LogP contribution is -2.33. The summed E-state index contributed by atoms with van der Waals surface area (Å²) in [5.41, 5.74) is 0.208. The van der Waals surface area contributed by atoms with E-state index in [4.69, 9.17) is 0 Å². The molecular weight excluding hydrogens is 244 g/mol. The predicted molar refractivity (Wildman–Crippen MR) is 68.0 cm³/mol. The van der Waals surface area contributed by atoms with Crippen LogP contribution < -0.4 is 10.4 Å². The molecule has 1 aromatic rings. The maximum atomic E-state index is 12.0. The lowest BCUT2D eigenvalue weighted by molar-refractivity contribution is -0.308. The number of carboxylic acid groups (broad SMARTS) is 1. The van der Waals surface area contributed by atoms with Crippen LogP contribution in [0, 0.1) is 5.41 Å². The van der Waals surface area contributed by atoms with Crippen LogP contribution in [-0.2, 0) is 9.59 Å².